The monoisotopic (exact) mass is 208 g/mol. The standard InChI is InChI=1S/C9H10N2O2.C2H6/c1-5-4-8(11-12-5)9-6(2)7(3)10-13-9;1-2/h4H,1-3H3;1-2H3. The van der Waals surface area contributed by atoms with Crippen LogP contribution in [0.2, 0.25) is 0 Å². The van der Waals surface area contributed by atoms with E-state index in [0.29, 0.717) is 11.5 Å². The van der Waals surface area contributed by atoms with Crippen LogP contribution in [0.4, 0.5) is 0 Å². The highest BCUT2D eigenvalue weighted by Gasteiger charge is 2.13. The largest absolute Gasteiger partial charge is 0.361 e. The van der Waals surface area contributed by atoms with Crippen molar-refractivity contribution in [3.05, 3.63) is 23.1 Å². The van der Waals surface area contributed by atoms with Gasteiger partial charge in [0.05, 0.1) is 5.69 Å². The molecule has 0 N–H and O–H groups in total. The second kappa shape index (κ2) is 4.77. The Morgan fingerprint density at radius 1 is 1.00 bits per heavy atom. The fourth-order valence-corrected chi connectivity index (χ4v) is 1.13. The van der Waals surface area contributed by atoms with E-state index in [9.17, 15) is 0 Å². The Bertz CT molecular complexity index is 429. The van der Waals surface area contributed by atoms with Crippen molar-refractivity contribution in [2.24, 2.45) is 0 Å². The molecule has 0 aliphatic carbocycles. The predicted molar refractivity (Wildman–Crippen MR) is 57.6 cm³/mol. The maximum Gasteiger partial charge on any atom is 0.191 e. The van der Waals surface area contributed by atoms with Crippen LogP contribution >= 0.6 is 0 Å². The number of aromatic nitrogens is 2. The first-order valence-corrected chi connectivity index (χ1v) is 5.05. The molecule has 2 heterocycles. The Kier molecular flexibility index (Phi) is 3.66. The molecule has 0 fully saturated rings. The fraction of sp³-hybridized carbons (Fsp3) is 0.455. The summed E-state index contributed by atoms with van der Waals surface area (Å²) in [5.74, 6) is 1.46. The summed E-state index contributed by atoms with van der Waals surface area (Å²) in [5.41, 5.74) is 2.60. The van der Waals surface area contributed by atoms with Crippen molar-refractivity contribution in [2.45, 2.75) is 34.6 Å². The summed E-state index contributed by atoms with van der Waals surface area (Å²) in [5, 5.41) is 7.70. The van der Waals surface area contributed by atoms with Crippen molar-refractivity contribution in [1.82, 2.24) is 10.3 Å². The molecule has 0 spiro atoms. The molecule has 15 heavy (non-hydrogen) atoms. The van der Waals surface area contributed by atoms with Crippen LogP contribution in [0.15, 0.2) is 15.1 Å². The fourth-order valence-electron chi connectivity index (χ4n) is 1.13. The number of hydrogen-bond donors (Lipinski definition) is 0. The van der Waals surface area contributed by atoms with Gasteiger partial charge in [-0.25, -0.2) is 0 Å². The molecular formula is C11H16N2O2. The van der Waals surface area contributed by atoms with Crippen LogP contribution in [0.1, 0.15) is 30.9 Å². The van der Waals surface area contributed by atoms with Crippen LogP contribution < -0.4 is 0 Å². The average Bonchev–Trinajstić information content (AvgIpc) is 2.79. The van der Waals surface area contributed by atoms with Crippen molar-refractivity contribution in [3.63, 3.8) is 0 Å². The van der Waals surface area contributed by atoms with Gasteiger partial charge in [0, 0.05) is 11.6 Å². The Labute approximate surface area is 89.2 Å². The highest BCUT2D eigenvalue weighted by atomic mass is 16.5. The Morgan fingerprint density at radius 3 is 2.07 bits per heavy atom. The smallest absolute Gasteiger partial charge is 0.191 e. The van der Waals surface area contributed by atoms with Gasteiger partial charge in [0.15, 0.2) is 11.5 Å². The van der Waals surface area contributed by atoms with Crippen LogP contribution in [-0.4, -0.2) is 10.3 Å². The topological polar surface area (TPSA) is 52.1 Å². The van der Waals surface area contributed by atoms with Gasteiger partial charge in [0.2, 0.25) is 0 Å². The minimum atomic E-state index is 0.689. The summed E-state index contributed by atoms with van der Waals surface area (Å²) < 4.78 is 10.1. The van der Waals surface area contributed by atoms with Gasteiger partial charge in [-0.2, -0.15) is 0 Å². The summed E-state index contributed by atoms with van der Waals surface area (Å²) in [6, 6.07) is 1.83. The SMILES string of the molecule is CC.Cc1cc(-c2onc(C)c2C)no1. The van der Waals surface area contributed by atoms with E-state index in [4.69, 9.17) is 9.05 Å². The highest BCUT2D eigenvalue weighted by Crippen LogP contribution is 2.24. The van der Waals surface area contributed by atoms with E-state index in [-0.39, 0.29) is 0 Å². The van der Waals surface area contributed by atoms with Crippen molar-refractivity contribution < 1.29 is 9.05 Å². The predicted octanol–water partition coefficient (Wildman–Crippen LogP) is 3.28. The van der Waals surface area contributed by atoms with E-state index in [1.165, 1.54) is 0 Å². The third-order valence-corrected chi connectivity index (χ3v) is 2.02. The van der Waals surface area contributed by atoms with Crippen molar-refractivity contribution in [2.75, 3.05) is 0 Å². The molecule has 2 rings (SSSR count). The maximum atomic E-state index is 5.12. The second-order valence-electron chi connectivity index (χ2n) is 3.04. The molecule has 0 aromatic carbocycles. The molecule has 0 bridgehead atoms. The molecule has 0 saturated carbocycles. The van der Waals surface area contributed by atoms with Gasteiger partial charge < -0.3 is 9.05 Å². The number of aryl methyl sites for hydroxylation is 2. The normalized spacial score (nSPS) is 9.67. The molecular weight excluding hydrogens is 192 g/mol. The first kappa shape index (κ1) is 11.5. The number of rotatable bonds is 1. The van der Waals surface area contributed by atoms with Gasteiger partial charge in [-0.15, -0.1) is 0 Å². The van der Waals surface area contributed by atoms with Crippen LogP contribution in [-0.2, 0) is 0 Å². The second-order valence-corrected chi connectivity index (χ2v) is 3.04. The third kappa shape index (κ3) is 2.26. The van der Waals surface area contributed by atoms with E-state index < -0.39 is 0 Å². The molecule has 0 radical (unpaired) electrons. The van der Waals surface area contributed by atoms with Crippen molar-refractivity contribution in [1.29, 1.82) is 0 Å². The van der Waals surface area contributed by atoms with E-state index in [1.54, 1.807) is 0 Å². The number of nitrogens with zero attached hydrogens (tertiary/aromatic N) is 2. The van der Waals surface area contributed by atoms with E-state index in [2.05, 4.69) is 10.3 Å². The first-order valence-electron chi connectivity index (χ1n) is 5.05. The van der Waals surface area contributed by atoms with Gasteiger partial charge in [-0.05, 0) is 20.8 Å². The van der Waals surface area contributed by atoms with Gasteiger partial charge in [-0.3, -0.25) is 0 Å². The quantitative estimate of drug-likeness (QED) is 0.721. The molecule has 0 atom stereocenters. The lowest BCUT2D eigenvalue weighted by Gasteiger charge is -1.87. The van der Waals surface area contributed by atoms with E-state index in [1.807, 2.05) is 40.7 Å². The maximum absolute atomic E-state index is 5.12. The minimum Gasteiger partial charge on any atom is -0.361 e. The highest BCUT2D eigenvalue weighted by molar-refractivity contribution is 5.56. The lowest BCUT2D eigenvalue weighted by molar-refractivity contribution is 0.390. The zero-order valence-corrected chi connectivity index (χ0v) is 9.79. The van der Waals surface area contributed by atoms with Gasteiger partial charge in [-0.1, -0.05) is 24.2 Å². The molecule has 0 unspecified atom stereocenters. The molecule has 2 aromatic heterocycles. The summed E-state index contributed by atoms with van der Waals surface area (Å²) in [4.78, 5) is 0. The van der Waals surface area contributed by atoms with Crippen LogP contribution in [0.5, 0.6) is 0 Å². The molecule has 0 amide bonds. The number of hydrogen-bond acceptors (Lipinski definition) is 4. The molecule has 0 saturated heterocycles. The van der Waals surface area contributed by atoms with E-state index in [0.717, 1.165) is 17.0 Å². The minimum absolute atomic E-state index is 0.689. The molecule has 0 aliphatic rings. The lowest BCUT2D eigenvalue weighted by atomic mass is 10.2. The molecule has 4 nitrogen and oxygen atoms in total. The molecule has 0 aliphatic heterocycles. The molecule has 2 aromatic rings. The average molecular weight is 208 g/mol. The summed E-state index contributed by atoms with van der Waals surface area (Å²) in [7, 11) is 0. The summed E-state index contributed by atoms with van der Waals surface area (Å²) >= 11 is 0. The first-order chi connectivity index (χ1) is 7.18. The Morgan fingerprint density at radius 2 is 1.67 bits per heavy atom. The Balaban J connectivity index is 0.000000531. The summed E-state index contributed by atoms with van der Waals surface area (Å²) in [6.45, 7) is 9.69. The van der Waals surface area contributed by atoms with Crippen molar-refractivity contribution >= 4 is 0 Å². The van der Waals surface area contributed by atoms with Crippen LogP contribution in [0.25, 0.3) is 11.5 Å². The Hall–Kier alpha value is -1.58. The van der Waals surface area contributed by atoms with Gasteiger partial charge in [0.25, 0.3) is 0 Å². The summed E-state index contributed by atoms with van der Waals surface area (Å²) in [6.07, 6.45) is 0. The molecule has 82 valence electrons. The zero-order chi connectivity index (χ0) is 11.4. The lowest BCUT2D eigenvalue weighted by Crippen LogP contribution is -1.77. The van der Waals surface area contributed by atoms with Gasteiger partial charge >= 0.3 is 0 Å². The van der Waals surface area contributed by atoms with Crippen molar-refractivity contribution in [3.8, 4) is 11.5 Å². The van der Waals surface area contributed by atoms with Crippen LogP contribution in [0, 0.1) is 20.8 Å². The molecule has 4 heteroatoms. The van der Waals surface area contributed by atoms with E-state index >= 15 is 0 Å². The van der Waals surface area contributed by atoms with Gasteiger partial charge in [0.1, 0.15) is 5.76 Å². The third-order valence-electron chi connectivity index (χ3n) is 2.02. The zero-order valence-electron chi connectivity index (χ0n) is 9.79. The van der Waals surface area contributed by atoms with Crippen LogP contribution in [0.3, 0.4) is 0 Å².